The zero-order valence-electron chi connectivity index (χ0n) is 11.9. The standard InChI is InChI=1S/C16H18ClN3O/c1-2-3-10-18-16(21)15-9-8-14(11-19-15)20-13-6-4-12(17)5-7-13/h4-9,11,20H,2-3,10H2,1H3,(H,18,21). The van der Waals surface area contributed by atoms with Gasteiger partial charge in [-0.2, -0.15) is 0 Å². The van der Waals surface area contributed by atoms with Gasteiger partial charge in [-0.05, 0) is 42.8 Å². The second kappa shape index (κ2) is 7.64. The number of aromatic nitrogens is 1. The molecule has 0 atom stereocenters. The van der Waals surface area contributed by atoms with Crippen molar-refractivity contribution in [2.24, 2.45) is 0 Å². The van der Waals surface area contributed by atoms with Gasteiger partial charge in [0.1, 0.15) is 5.69 Å². The van der Waals surface area contributed by atoms with E-state index >= 15 is 0 Å². The first-order chi connectivity index (χ1) is 10.2. The van der Waals surface area contributed by atoms with E-state index in [0.717, 1.165) is 24.2 Å². The Labute approximate surface area is 129 Å². The number of amides is 1. The highest BCUT2D eigenvalue weighted by atomic mass is 35.5. The molecular weight excluding hydrogens is 286 g/mol. The maximum Gasteiger partial charge on any atom is 0.269 e. The molecule has 4 nitrogen and oxygen atoms in total. The first-order valence-electron chi connectivity index (χ1n) is 6.96. The summed E-state index contributed by atoms with van der Waals surface area (Å²) in [6, 6.07) is 10.9. The van der Waals surface area contributed by atoms with Crippen molar-refractivity contribution < 1.29 is 4.79 Å². The molecule has 2 rings (SSSR count). The van der Waals surface area contributed by atoms with Gasteiger partial charge in [-0.15, -0.1) is 0 Å². The Morgan fingerprint density at radius 3 is 2.48 bits per heavy atom. The monoisotopic (exact) mass is 303 g/mol. The lowest BCUT2D eigenvalue weighted by Crippen LogP contribution is -2.25. The molecule has 0 bridgehead atoms. The zero-order chi connectivity index (χ0) is 15.1. The fraction of sp³-hybridized carbons (Fsp3) is 0.250. The van der Waals surface area contributed by atoms with Crippen LogP contribution in [-0.4, -0.2) is 17.4 Å². The number of benzene rings is 1. The van der Waals surface area contributed by atoms with Gasteiger partial charge in [-0.3, -0.25) is 4.79 Å². The number of anilines is 2. The summed E-state index contributed by atoms with van der Waals surface area (Å²) >= 11 is 5.84. The summed E-state index contributed by atoms with van der Waals surface area (Å²) in [5.41, 5.74) is 2.16. The molecule has 1 aromatic carbocycles. The molecule has 1 amide bonds. The minimum absolute atomic E-state index is 0.138. The van der Waals surface area contributed by atoms with Crippen LogP contribution in [0.25, 0.3) is 0 Å². The average molecular weight is 304 g/mol. The molecule has 21 heavy (non-hydrogen) atoms. The van der Waals surface area contributed by atoms with Crippen molar-refractivity contribution in [2.45, 2.75) is 19.8 Å². The number of nitrogens with zero attached hydrogens (tertiary/aromatic N) is 1. The van der Waals surface area contributed by atoms with Crippen LogP contribution in [-0.2, 0) is 0 Å². The molecule has 110 valence electrons. The Morgan fingerprint density at radius 1 is 1.14 bits per heavy atom. The van der Waals surface area contributed by atoms with Crippen molar-refractivity contribution in [3.63, 3.8) is 0 Å². The van der Waals surface area contributed by atoms with Crippen molar-refractivity contribution >= 4 is 28.9 Å². The Morgan fingerprint density at radius 2 is 1.86 bits per heavy atom. The molecule has 0 aliphatic heterocycles. The lowest BCUT2D eigenvalue weighted by molar-refractivity contribution is 0.0948. The molecule has 0 unspecified atom stereocenters. The van der Waals surface area contributed by atoms with E-state index < -0.39 is 0 Å². The number of nitrogens with one attached hydrogen (secondary N) is 2. The predicted octanol–water partition coefficient (Wildman–Crippen LogP) is 4.01. The largest absolute Gasteiger partial charge is 0.354 e. The van der Waals surface area contributed by atoms with Gasteiger partial charge in [-0.25, -0.2) is 4.98 Å². The summed E-state index contributed by atoms with van der Waals surface area (Å²) < 4.78 is 0. The van der Waals surface area contributed by atoms with Crippen LogP contribution in [0.15, 0.2) is 42.6 Å². The topological polar surface area (TPSA) is 54.0 Å². The number of carbonyl (C=O) groups excluding carboxylic acids is 1. The van der Waals surface area contributed by atoms with Gasteiger partial charge >= 0.3 is 0 Å². The van der Waals surface area contributed by atoms with Crippen LogP contribution in [0.3, 0.4) is 0 Å². The van der Waals surface area contributed by atoms with E-state index in [1.165, 1.54) is 0 Å². The van der Waals surface area contributed by atoms with E-state index in [1.54, 1.807) is 12.3 Å². The third kappa shape index (κ3) is 4.76. The lowest BCUT2D eigenvalue weighted by Gasteiger charge is -2.07. The van der Waals surface area contributed by atoms with Crippen molar-refractivity contribution in [1.29, 1.82) is 0 Å². The molecule has 1 aromatic heterocycles. The van der Waals surface area contributed by atoms with Gasteiger partial charge in [-0.1, -0.05) is 24.9 Å². The molecule has 0 radical (unpaired) electrons. The maximum absolute atomic E-state index is 11.8. The molecule has 0 aliphatic carbocycles. The van der Waals surface area contributed by atoms with Gasteiger partial charge < -0.3 is 10.6 Å². The Kier molecular flexibility index (Phi) is 5.58. The Balaban J connectivity index is 1.95. The normalized spacial score (nSPS) is 10.2. The molecule has 0 aliphatic rings. The minimum Gasteiger partial charge on any atom is -0.354 e. The van der Waals surface area contributed by atoms with Crippen LogP contribution < -0.4 is 10.6 Å². The molecule has 2 N–H and O–H groups in total. The molecule has 0 saturated heterocycles. The molecule has 0 saturated carbocycles. The van der Waals surface area contributed by atoms with Gasteiger partial charge in [0, 0.05) is 17.3 Å². The van der Waals surface area contributed by atoms with Gasteiger partial charge in [0.15, 0.2) is 0 Å². The van der Waals surface area contributed by atoms with Gasteiger partial charge in [0.05, 0.1) is 11.9 Å². The summed E-state index contributed by atoms with van der Waals surface area (Å²) in [6.45, 7) is 2.77. The quantitative estimate of drug-likeness (QED) is 0.793. The third-order valence-corrected chi connectivity index (χ3v) is 3.20. The molecular formula is C16H18ClN3O. The highest BCUT2D eigenvalue weighted by Gasteiger charge is 2.06. The van der Waals surface area contributed by atoms with Gasteiger partial charge in [0.25, 0.3) is 5.91 Å². The van der Waals surface area contributed by atoms with Crippen molar-refractivity contribution in [1.82, 2.24) is 10.3 Å². The summed E-state index contributed by atoms with van der Waals surface area (Å²) in [5.74, 6) is -0.138. The summed E-state index contributed by atoms with van der Waals surface area (Å²) in [7, 11) is 0. The Hall–Kier alpha value is -2.07. The first-order valence-corrected chi connectivity index (χ1v) is 7.33. The van der Waals surface area contributed by atoms with Crippen molar-refractivity contribution in [2.75, 3.05) is 11.9 Å². The molecule has 5 heteroatoms. The van der Waals surface area contributed by atoms with Crippen LogP contribution in [0.2, 0.25) is 5.02 Å². The first kappa shape index (κ1) is 15.3. The van der Waals surface area contributed by atoms with Crippen LogP contribution >= 0.6 is 11.6 Å². The molecule has 0 spiro atoms. The number of carbonyl (C=O) groups is 1. The van der Waals surface area contributed by atoms with Gasteiger partial charge in [0.2, 0.25) is 0 Å². The zero-order valence-corrected chi connectivity index (χ0v) is 12.7. The minimum atomic E-state index is -0.138. The number of halogens is 1. The van der Waals surface area contributed by atoms with E-state index in [-0.39, 0.29) is 5.91 Å². The third-order valence-electron chi connectivity index (χ3n) is 2.94. The van der Waals surface area contributed by atoms with Crippen LogP contribution in [0.4, 0.5) is 11.4 Å². The number of rotatable bonds is 6. The van der Waals surface area contributed by atoms with Crippen molar-refractivity contribution in [3.05, 3.63) is 53.3 Å². The highest BCUT2D eigenvalue weighted by molar-refractivity contribution is 6.30. The fourth-order valence-corrected chi connectivity index (χ4v) is 1.90. The average Bonchev–Trinajstić information content (AvgIpc) is 2.50. The SMILES string of the molecule is CCCCNC(=O)c1ccc(Nc2ccc(Cl)cc2)cn1. The maximum atomic E-state index is 11.8. The fourth-order valence-electron chi connectivity index (χ4n) is 1.77. The number of hydrogen-bond acceptors (Lipinski definition) is 3. The highest BCUT2D eigenvalue weighted by Crippen LogP contribution is 2.18. The summed E-state index contributed by atoms with van der Waals surface area (Å²) in [6.07, 6.45) is 3.67. The van der Waals surface area contributed by atoms with Crippen molar-refractivity contribution in [3.8, 4) is 0 Å². The predicted molar refractivity (Wildman–Crippen MR) is 86.2 cm³/mol. The second-order valence-corrected chi connectivity index (χ2v) is 5.11. The lowest BCUT2D eigenvalue weighted by atomic mass is 10.2. The van der Waals surface area contributed by atoms with E-state index in [1.807, 2.05) is 30.3 Å². The molecule has 2 aromatic rings. The molecule has 1 heterocycles. The van der Waals surface area contributed by atoms with Crippen LogP contribution in [0.1, 0.15) is 30.3 Å². The smallest absolute Gasteiger partial charge is 0.269 e. The van der Waals surface area contributed by atoms with E-state index in [4.69, 9.17) is 11.6 Å². The van der Waals surface area contributed by atoms with E-state index in [2.05, 4.69) is 22.5 Å². The second-order valence-electron chi connectivity index (χ2n) is 4.67. The number of hydrogen-bond donors (Lipinski definition) is 2. The van der Waals surface area contributed by atoms with E-state index in [9.17, 15) is 4.79 Å². The molecule has 0 fully saturated rings. The Bertz CT molecular complexity index is 581. The summed E-state index contributed by atoms with van der Waals surface area (Å²) in [4.78, 5) is 16.0. The van der Waals surface area contributed by atoms with Crippen LogP contribution in [0, 0.1) is 0 Å². The van der Waals surface area contributed by atoms with Crippen LogP contribution in [0.5, 0.6) is 0 Å². The van der Waals surface area contributed by atoms with E-state index in [0.29, 0.717) is 17.3 Å². The number of unbranched alkanes of at least 4 members (excludes halogenated alkanes) is 1. The number of pyridine rings is 1. The summed E-state index contributed by atoms with van der Waals surface area (Å²) in [5, 5.41) is 6.73.